The van der Waals surface area contributed by atoms with Gasteiger partial charge in [-0.3, -0.25) is 0 Å². The second kappa shape index (κ2) is 9.16. The fourth-order valence-electron chi connectivity index (χ4n) is 2.72. The van der Waals surface area contributed by atoms with E-state index >= 15 is 0 Å². The molecule has 1 aromatic rings. The molecule has 0 bridgehead atoms. The Balaban J connectivity index is 2.82. The molecule has 0 aliphatic heterocycles. The standard InChI is InChI=1S/C16H29NO2/c1-5-8-13(9-6-2)16(17-7-3)15-11-10-14(19-15)12-18-4/h10-11,13,16-17H,5-9,12H2,1-4H3. The summed E-state index contributed by atoms with van der Waals surface area (Å²) in [6.07, 6.45) is 4.92. The average molecular weight is 267 g/mol. The van der Waals surface area contributed by atoms with Crippen molar-refractivity contribution in [3.8, 4) is 0 Å². The molecule has 0 saturated carbocycles. The van der Waals surface area contributed by atoms with Crippen molar-refractivity contribution >= 4 is 0 Å². The number of methoxy groups -OCH3 is 1. The van der Waals surface area contributed by atoms with Crippen LogP contribution in [0.1, 0.15) is 64.0 Å². The van der Waals surface area contributed by atoms with Crippen LogP contribution in [0.25, 0.3) is 0 Å². The summed E-state index contributed by atoms with van der Waals surface area (Å²) in [6, 6.07) is 4.45. The average Bonchev–Trinajstić information content (AvgIpc) is 2.85. The molecule has 1 unspecified atom stereocenters. The van der Waals surface area contributed by atoms with E-state index in [1.165, 1.54) is 25.7 Å². The van der Waals surface area contributed by atoms with E-state index < -0.39 is 0 Å². The Labute approximate surface area is 117 Å². The van der Waals surface area contributed by atoms with Crippen LogP contribution in [0, 0.1) is 5.92 Å². The van der Waals surface area contributed by atoms with E-state index in [4.69, 9.17) is 9.15 Å². The highest BCUT2D eigenvalue weighted by atomic mass is 16.5. The molecule has 0 spiro atoms. The van der Waals surface area contributed by atoms with Crippen molar-refractivity contribution in [2.24, 2.45) is 5.92 Å². The Morgan fingerprint density at radius 3 is 2.37 bits per heavy atom. The highest BCUT2D eigenvalue weighted by molar-refractivity contribution is 5.11. The first kappa shape index (κ1) is 16.3. The van der Waals surface area contributed by atoms with Crippen molar-refractivity contribution in [2.45, 2.75) is 59.1 Å². The maximum atomic E-state index is 5.92. The summed E-state index contributed by atoms with van der Waals surface area (Å²) in [7, 11) is 1.70. The number of hydrogen-bond donors (Lipinski definition) is 1. The number of hydrogen-bond acceptors (Lipinski definition) is 3. The van der Waals surface area contributed by atoms with Crippen molar-refractivity contribution in [1.29, 1.82) is 0 Å². The molecule has 1 heterocycles. The molecule has 19 heavy (non-hydrogen) atoms. The maximum absolute atomic E-state index is 5.92. The highest BCUT2D eigenvalue weighted by Gasteiger charge is 2.24. The summed E-state index contributed by atoms with van der Waals surface area (Å²) in [5.74, 6) is 2.62. The van der Waals surface area contributed by atoms with Crippen LogP contribution < -0.4 is 5.32 Å². The van der Waals surface area contributed by atoms with Crippen LogP contribution in [0.15, 0.2) is 16.5 Å². The zero-order valence-electron chi connectivity index (χ0n) is 12.9. The van der Waals surface area contributed by atoms with E-state index in [1.807, 2.05) is 6.07 Å². The lowest BCUT2D eigenvalue weighted by Gasteiger charge is -2.26. The van der Waals surface area contributed by atoms with Gasteiger partial charge < -0.3 is 14.5 Å². The van der Waals surface area contributed by atoms with Gasteiger partial charge in [0.2, 0.25) is 0 Å². The predicted molar refractivity (Wildman–Crippen MR) is 79.1 cm³/mol. The molecule has 0 radical (unpaired) electrons. The van der Waals surface area contributed by atoms with Gasteiger partial charge in [-0.2, -0.15) is 0 Å². The van der Waals surface area contributed by atoms with Crippen LogP contribution in [0.2, 0.25) is 0 Å². The molecule has 1 rings (SSSR count). The Hall–Kier alpha value is -0.800. The Morgan fingerprint density at radius 2 is 1.84 bits per heavy atom. The zero-order chi connectivity index (χ0) is 14.1. The summed E-state index contributed by atoms with van der Waals surface area (Å²) in [5, 5.41) is 3.59. The SMILES string of the molecule is CCCC(CCC)C(NCC)c1ccc(COC)o1. The minimum Gasteiger partial charge on any atom is -0.462 e. The van der Waals surface area contributed by atoms with E-state index in [0.29, 0.717) is 18.6 Å². The van der Waals surface area contributed by atoms with Crippen molar-refractivity contribution < 1.29 is 9.15 Å². The van der Waals surface area contributed by atoms with Gasteiger partial charge in [-0.25, -0.2) is 0 Å². The van der Waals surface area contributed by atoms with Gasteiger partial charge >= 0.3 is 0 Å². The lowest BCUT2D eigenvalue weighted by atomic mass is 9.89. The summed E-state index contributed by atoms with van der Waals surface area (Å²) in [6.45, 7) is 8.18. The van der Waals surface area contributed by atoms with Gasteiger partial charge in [-0.05, 0) is 37.4 Å². The van der Waals surface area contributed by atoms with Crippen LogP contribution in [0.4, 0.5) is 0 Å². The van der Waals surface area contributed by atoms with E-state index in [0.717, 1.165) is 18.1 Å². The first-order valence-electron chi connectivity index (χ1n) is 7.57. The third-order valence-electron chi connectivity index (χ3n) is 3.49. The number of ether oxygens (including phenoxy) is 1. The molecule has 0 amide bonds. The van der Waals surface area contributed by atoms with Gasteiger partial charge in [0.1, 0.15) is 18.1 Å². The summed E-state index contributed by atoms with van der Waals surface area (Å²) >= 11 is 0. The van der Waals surface area contributed by atoms with E-state index in [1.54, 1.807) is 7.11 Å². The Morgan fingerprint density at radius 1 is 1.16 bits per heavy atom. The number of nitrogens with one attached hydrogen (secondary N) is 1. The molecule has 1 atom stereocenters. The zero-order valence-corrected chi connectivity index (χ0v) is 12.9. The van der Waals surface area contributed by atoms with E-state index in [-0.39, 0.29) is 0 Å². The first-order chi connectivity index (χ1) is 9.26. The number of furan rings is 1. The smallest absolute Gasteiger partial charge is 0.129 e. The lowest BCUT2D eigenvalue weighted by molar-refractivity contribution is 0.159. The molecular weight excluding hydrogens is 238 g/mol. The van der Waals surface area contributed by atoms with Crippen LogP contribution in [-0.2, 0) is 11.3 Å². The molecule has 1 N–H and O–H groups in total. The Bertz CT molecular complexity index is 329. The predicted octanol–water partition coefficient (Wildman–Crippen LogP) is 4.29. The molecule has 0 saturated heterocycles. The quantitative estimate of drug-likeness (QED) is 0.686. The molecular formula is C16H29NO2. The molecule has 0 aliphatic carbocycles. The summed E-state index contributed by atoms with van der Waals surface area (Å²) in [4.78, 5) is 0. The molecule has 3 nitrogen and oxygen atoms in total. The Kier molecular flexibility index (Phi) is 7.84. The van der Waals surface area contributed by atoms with Crippen molar-refractivity contribution in [3.05, 3.63) is 23.7 Å². The monoisotopic (exact) mass is 267 g/mol. The van der Waals surface area contributed by atoms with Gasteiger partial charge in [0.05, 0.1) is 6.04 Å². The van der Waals surface area contributed by atoms with Crippen molar-refractivity contribution in [1.82, 2.24) is 5.32 Å². The third kappa shape index (κ3) is 5.00. The first-order valence-corrected chi connectivity index (χ1v) is 7.57. The van der Waals surface area contributed by atoms with Gasteiger partial charge in [0, 0.05) is 7.11 Å². The van der Waals surface area contributed by atoms with Crippen LogP contribution >= 0.6 is 0 Å². The van der Waals surface area contributed by atoms with Crippen molar-refractivity contribution in [3.63, 3.8) is 0 Å². The molecule has 3 heteroatoms. The van der Waals surface area contributed by atoms with Gasteiger partial charge in [-0.1, -0.05) is 33.6 Å². The summed E-state index contributed by atoms with van der Waals surface area (Å²) < 4.78 is 11.0. The van der Waals surface area contributed by atoms with E-state index in [2.05, 4.69) is 32.2 Å². The third-order valence-corrected chi connectivity index (χ3v) is 3.49. The van der Waals surface area contributed by atoms with Crippen molar-refractivity contribution in [2.75, 3.05) is 13.7 Å². The molecule has 0 fully saturated rings. The highest BCUT2D eigenvalue weighted by Crippen LogP contribution is 2.31. The molecule has 0 aliphatic rings. The fraction of sp³-hybridized carbons (Fsp3) is 0.750. The molecule has 1 aromatic heterocycles. The number of rotatable bonds is 10. The molecule has 110 valence electrons. The minimum absolute atomic E-state index is 0.329. The van der Waals surface area contributed by atoms with Gasteiger partial charge in [0.25, 0.3) is 0 Å². The molecule has 0 aromatic carbocycles. The maximum Gasteiger partial charge on any atom is 0.129 e. The normalized spacial score (nSPS) is 13.1. The largest absolute Gasteiger partial charge is 0.462 e. The minimum atomic E-state index is 0.329. The van der Waals surface area contributed by atoms with Crippen LogP contribution in [0.3, 0.4) is 0 Å². The lowest BCUT2D eigenvalue weighted by Crippen LogP contribution is -2.28. The van der Waals surface area contributed by atoms with Gasteiger partial charge in [0.15, 0.2) is 0 Å². The van der Waals surface area contributed by atoms with Crippen LogP contribution in [0.5, 0.6) is 0 Å². The second-order valence-electron chi connectivity index (χ2n) is 5.11. The van der Waals surface area contributed by atoms with E-state index in [9.17, 15) is 0 Å². The summed E-state index contributed by atoms with van der Waals surface area (Å²) in [5.41, 5.74) is 0. The van der Waals surface area contributed by atoms with Crippen LogP contribution in [-0.4, -0.2) is 13.7 Å². The fourth-order valence-corrected chi connectivity index (χ4v) is 2.72. The topological polar surface area (TPSA) is 34.4 Å². The van der Waals surface area contributed by atoms with Gasteiger partial charge in [-0.15, -0.1) is 0 Å². The second-order valence-corrected chi connectivity index (χ2v) is 5.11.